The van der Waals surface area contributed by atoms with Gasteiger partial charge in [0.15, 0.2) is 12.0 Å². The van der Waals surface area contributed by atoms with Gasteiger partial charge in [-0.1, -0.05) is 30.3 Å². The summed E-state index contributed by atoms with van der Waals surface area (Å²) in [6.45, 7) is 3.01. The van der Waals surface area contributed by atoms with Crippen LogP contribution in [0.3, 0.4) is 0 Å². The van der Waals surface area contributed by atoms with Crippen molar-refractivity contribution in [3.05, 3.63) is 112 Å². The number of esters is 1. The number of pyridine rings is 1. The highest BCUT2D eigenvalue weighted by molar-refractivity contribution is 5.99. The van der Waals surface area contributed by atoms with E-state index >= 15 is 0 Å². The van der Waals surface area contributed by atoms with Gasteiger partial charge in [0.1, 0.15) is 12.4 Å². The summed E-state index contributed by atoms with van der Waals surface area (Å²) in [6.07, 6.45) is 0. The highest BCUT2D eigenvalue weighted by atomic mass is 19.1. The number of fused-ring (bicyclic) bond motifs is 2. The van der Waals surface area contributed by atoms with Crippen molar-refractivity contribution in [2.75, 3.05) is 6.61 Å². The van der Waals surface area contributed by atoms with Crippen LogP contribution in [0, 0.1) is 19.7 Å². The summed E-state index contributed by atoms with van der Waals surface area (Å²) in [5, 5.41) is 1.01. The van der Waals surface area contributed by atoms with E-state index in [1.165, 1.54) is 12.1 Å². The van der Waals surface area contributed by atoms with Crippen molar-refractivity contribution in [1.29, 1.82) is 0 Å². The summed E-state index contributed by atoms with van der Waals surface area (Å²) in [7, 11) is 0. The predicted molar refractivity (Wildman–Crippen MR) is 136 cm³/mol. The summed E-state index contributed by atoms with van der Waals surface area (Å²) < 4.78 is 22.6. The monoisotopic (exact) mass is 482 g/mol. The molecule has 2 heterocycles. The third kappa shape index (κ3) is 4.09. The standard InChI is InChI=1S/C29H23FN2O4/c1-18-14-24(19(2)32(18)21-9-7-8-20(30)15-21)27(33)17-36-28(34)16-31-25-12-5-3-10-22(25)29(35)23-11-4-6-13-26(23)31/h3-15H,16-17H2,1-2H3. The van der Waals surface area contributed by atoms with Crippen LogP contribution in [0.1, 0.15) is 21.7 Å². The molecule has 0 bridgehead atoms. The second kappa shape index (κ2) is 9.26. The molecule has 0 N–H and O–H groups in total. The molecule has 5 rings (SSSR count). The van der Waals surface area contributed by atoms with E-state index in [1.807, 2.05) is 6.92 Å². The number of Topliss-reactive ketones (excluding diaryl/α,β-unsaturated/α-hetero) is 1. The van der Waals surface area contributed by atoms with Crippen molar-refractivity contribution in [1.82, 2.24) is 9.13 Å². The molecule has 0 atom stereocenters. The second-order valence-electron chi connectivity index (χ2n) is 8.63. The third-order valence-electron chi connectivity index (χ3n) is 6.33. The molecular weight excluding hydrogens is 459 g/mol. The molecule has 5 aromatic rings. The van der Waals surface area contributed by atoms with Gasteiger partial charge in [-0.3, -0.25) is 14.4 Å². The van der Waals surface area contributed by atoms with E-state index in [1.54, 1.807) is 82.8 Å². The van der Waals surface area contributed by atoms with E-state index < -0.39 is 12.6 Å². The number of para-hydroxylation sites is 2. The molecule has 0 saturated carbocycles. The minimum absolute atomic E-state index is 0.102. The highest BCUT2D eigenvalue weighted by Crippen LogP contribution is 2.22. The second-order valence-corrected chi connectivity index (χ2v) is 8.63. The molecule has 0 saturated heterocycles. The lowest BCUT2D eigenvalue weighted by Gasteiger charge is -2.14. The molecule has 0 aliphatic heterocycles. The maximum atomic E-state index is 13.7. The number of carbonyl (C=O) groups excluding carboxylic acids is 2. The normalized spacial score (nSPS) is 11.2. The number of rotatable bonds is 6. The predicted octanol–water partition coefficient (Wildman–Crippen LogP) is 5.13. The van der Waals surface area contributed by atoms with Crippen LogP contribution >= 0.6 is 0 Å². The van der Waals surface area contributed by atoms with Crippen LogP contribution in [0.2, 0.25) is 0 Å². The molecule has 0 unspecified atom stereocenters. The van der Waals surface area contributed by atoms with Crippen LogP contribution in [0.4, 0.5) is 4.39 Å². The van der Waals surface area contributed by atoms with Crippen LogP contribution < -0.4 is 5.43 Å². The zero-order valence-electron chi connectivity index (χ0n) is 19.8. The van der Waals surface area contributed by atoms with Crippen LogP contribution in [0.25, 0.3) is 27.5 Å². The molecule has 7 heteroatoms. The van der Waals surface area contributed by atoms with E-state index in [2.05, 4.69) is 0 Å². The minimum atomic E-state index is -0.596. The first kappa shape index (κ1) is 23.2. The maximum Gasteiger partial charge on any atom is 0.326 e. The van der Waals surface area contributed by atoms with E-state index in [4.69, 9.17) is 4.74 Å². The van der Waals surface area contributed by atoms with Crippen molar-refractivity contribution in [3.8, 4) is 5.69 Å². The third-order valence-corrected chi connectivity index (χ3v) is 6.33. The van der Waals surface area contributed by atoms with Gasteiger partial charge in [-0.15, -0.1) is 0 Å². The zero-order valence-corrected chi connectivity index (χ0v) is 19.8. The van der Waals surface area contributed by atoms with Crippen molar-refractivity contribution in [2.45, 2.75) is 20.4 Å². The average Bonchev–Trinajstić information content (AvgIpc) is 3.18. The largest absolute Gasteiger partial charge is 0.456 e. The number of nitrogens with zero attached hydrogens (tertiary/aromatic N) is 2. The van der Waals surface area contributed by atoms with Crippen LogP contribution in [0.15, 0.2) is 83.7 Å². The number of aromatic nitrogens is 2. The fraction of sp³-hybridized carbons (Fsp3) is 0.138. The molecule has 0 radical (unpaired) electrons. The lowest BCUT2D eigenvalue weighted by Crippen LogP contribution is -2.21. The summed E-state index contributed by atoms with van der Waals surface area (Å²) in [4.78, 5) is 38.6. The van der Waals surface area contributed by atoms with Gasteiger partial charge in [-0.05, 0) is 62.4 Å². The number of hydrogen-bond donors (Lipinski definition) is 0. The van der Waals surface area contributed by atoms with E-state index in [9.17, 15) is 18.8 Å². The zero-order chi connectivity index (χ0) is 25.4. The van der Waals surface area contributed by atoms with Crippen molar-refractivity contribution < 1.29 is 18.7 Å². The van der Waals surface area contributed by atoms with E-state index in [0.29, 0.717) is 38.8 Å². The Balaban J connectivity index is 1.38. The van der Waals surface area contributed by atoms with E-state index in [0.717, 1.165) is 5.69 Å². The SMILES string of the molecule is Cc1cc(C(=O)COC(=O)Cn2c3ccccc3c(=O)c3ccccc32)c(C)n1-c1cccc(F)c1. The quantitative estimate of drug-likeness (QED) is 0.191. The first-order valence-electron chi connectivity index (χ1n) is 11.5. The molecule has 0 aliphatic carbocycles. The van der Waals surface area contributed by atoms with Gasteiger partial charge >= 0.3 is 5.97 Å². The molecule has 0 aliphatic rings. The van der Waals surface area contributed by atoms with Gasteiger partial charge in [0.05, 0.1) is 11.0 Å². The number of hydrogen-bond acceptors (Lipinski definition) is 4. The Bertz CT molecular complexity index is 1650. The van der Waals surface area contributed by atoms with Crippen molar-refractivity contribution in [2.24, 2.45) is 0 Å². The summed E-state index contributed by atoms with van der Waals surface area (Å²) in [6, 6.07) is 22.0. The molecule has 2 aromatic heterocycles. The molecule has 6 nitrogen and oxygen atoms in total. The number of carbonyl (C=O) groups is 2. The Morgan fingerprint density at radius 3 is 2.14 bits per heavy atom. The summed E-state index contributed by atoms with van der Waals surface area (Å²) in [5.74, 6) is -1.32. The molecule has 3 aromatic carbocycles. The Morgan fingerprint density at radius 2 is 1.50 bits per heavy atom. The van der Waals surface area contributed by atoms with Crippen molar-refractivity contribution >= 4 is 33.6 Å². The number of aryl methyl sites for hydroxylation is 1. The summed E-state index contributed by atoms with van der Waals surface area (Å²) >= 11 is 0. The minimum Gasteiger partial charge on any atom is -0.456 e. The Labute approximate surface area is 206 Å². The molecule has 36 heavy (non-hydrogen) atoms. The lowest BCUT2D eigenvalue weighted by molar-refractivity contribution is -0.143. The molecule has 180 valence electrons. The van der Waals surface area contributed by atoms with Crippen LogP contribution in [0.5, 0.6) is 0 Å². The Kier molecular flexibility index (Phi) is 5.98. The molecule has 0 amide bonds. The average molecular weight is 483 g/mol. The fourth-order valence-corrected chi connectivity index (χ4v) is 4.70. The molecule has 0 fully saturated rings. The van der Waals surface area contributed by atoms with E-state index in [-0.39, 0.29) is 23.6 Å². The number of ketones is 1. The lowest BCUT2D eigenvalue weighted by atomic mass is 10.1. The van der Waals surface area contributed by atoms with Gasteiger partial charge in [0, 0.05) is 33.4 Å². The van der Waals surface area contributed by atoms with Gasteiger partial charge in [0.2, 0.25) is 5.78 Å². The first-order valence-corrected chi connectivity index (χ1v) is 11.5. The van der Waals surface area contributed by atoms with Crippen LogP contribution in [-0.2, 0) is 16.1 Å². The topological polar surface area (TPSA) is 70.3 Å². The molecular formula is C29H23FN2O4. The highest BCUT2D eigenvalue weighted by Gasteiger charge is 2.19. The number of halogens is 1. The number of benzene rings is 3. The maximum absolute atomic E-state index is 13.7. The number of ether oxygens (including phenoxy) is 1. The smallest absolute Gasteiger partial charge is 0.326 e. The van der Waals surface area contributed by atoms with Gasteiger partial charge < -0.3 is 13.9 Å². The Morgan fingerprint density at radius 1 is 0.861 bits per heavy atom. The molecule has 0 spiro atoms. The van der Waals surface area contributed by atoms with Gasteiger partial charge in [0.25, 0.3) is 0 Å². The first-order chi connectivity index (χ1) is 17.3. The van der Waals surface area contributed by atoms with Gasteiger partial charge in [-0.25, -0.2) is 4.39 Å². The summed E-state index contributed by atoms with van der Waals surface area (Å²) in [5.41, 5.74) is 3.54. The fourth-order valence-electron chi connectivity index (χ4n) is 4.70. The van der Waals surface area contributed by atoms with Crippen LogP contribution in [-0.4, -0.2) is 27.5 Å². The van der Waals surface area contributed by atoms with Gasteiger partial charge in [-0.2, -0.15) is 0 Å². The van der Waals surface area contributed by atoms with Crippen molar-refractivity contribution in [3.63, 3.8) is 0 Å². The Hall–Kier alpha value is -4.52.